The van der Waals surface area contributed by atoms with E-state index >= 15 is 0 Å². The van der Waals surface area contributed by atoms with Crippen LogP contribution in [0.3, 0.4) is 0 Å². The van der Waals surface area contributed by atoms with Crippen LogP contribution in [-0.4, -0.2) is 38.9 Å². The van der Waals surface area contributed by atoms with Crippen LogP contribution in [0.1, 0.15) is 42.0 Å². The third-order valence-corrected chi connectivity index (χ3v) is 7.09. The van der Waals surface area contributed by atoms with Gasteiger partial charge in [0.25, 0.3) is 0 Å². The summed E-state index contributed by atoms with van der Waals surface area (Å²) in [5, 5.41) is 3.17. The van der Waals surface area contributed by atoms with E-state index in [1.165, 1.54) is 25.5 Å². The van der Waals surface area contributed by atoms with Gasteiger partial charge in [0.15, 0.2) is 0 Å². The first-order valence-electron chi connectivity index (χ1n) is 13.4. The van der Waals surface area contributed by atoms with Gasteiger partial charge in [0.2, 0.25) is 5.91 Å². The molecule has 0 spiro atoms. The molecule has 0 aliphatic carbocycles. The molecule has 0 unspecified atom stereocenters. The molecular weight excluding hydrogens is 574 g/mol. The standard InChI is InChI=1S/C16H14F3N3O.C14H12F3N3/c1-10(23)22-4-2-3-11-5-12(8-21-15(11)22)13-6-14(9-20-7-13)16(17,18)19;15-14(16,17)12-5-11(6-18-8-12)10-4-9-2-1-3-19-13(9)20-7-10/h5-9H,2-4H2,1H3;4-8H,1-3H2,(H,19,20). The summed E-state index contributed by atoms with van der Waals surface area (Å²) in [5.74, 6) is 1.32. The van der Waals surface area contributed by atoms with Crippen LogP contribution < -0.4 is 10.2 Å². The predicted octanol–water partition coefficient (Wildman–Crippen LogP) is 6.98. The summed E-state index contributed by atoms with van der Waals surface area (Å²) >= 11 is 0. The average Bonchev–Trinajstić information content (AvgIpc) is 3.00. The lowest BCUT2D eigenvalue weighted by Crippen LogP contribution is -2.34. The van der Waals surface area contributed by atoms with E-state index in [1.807, 2.05) is 6.07 Å². The van der Waals surface area contributed by atoms with Gasteiger partial charge in [-0.05, 0) is 61.1 Å². The van der Waals surface area contributed by atoms with Crippen LogP contribution in [0, 0.1) is 0 Å². The van der Waals surface area contributed by atoms with E-state index in [1.54, 1.807) is 17.2 Å². The van der Waals surface area contributed by atoms with Gasteiger partial charge in [-0.25, -0.2) is 9.97 Å². The molecule has 224 valence electrons. The minimum Gasteiger partial charge on any atom is -0.370 e. The van der Waals surface area contributed by atoms with Crippen LogP contribution in [0.2, 0.25) is 0 Å². The van der Waals surface area contributed by atoms with Gasteiger partial charge in [-0.1, -0.05) is 0 Å². The van der Waals surface area contributed by atoms with Gasteiger partial charge >= 0.3 is 12.4 Å². The summed E-state index contributed by atoms with van der Waals surface area (Å²) in [6.07, 6.45) is 2.11. The highest BCUT2D eigenvalue weighted by Gasteiger charge is 2.32. The van der Waals surface area contributed by atoms with Gasteiger partial charge in [0.1, 0.15) is 11.6 Å². The summed E-state index contributed by atoms with van der Waals surface area (Å²) < 4.78 is 76.5. The summed E-state index contributed by atoms with van der Waals surface area (Å²) in [7, 11) is 0. The first kappa shape index (κ1) is 29.9. The van der Waals surface area contributed by atoms with Crippen molar-refractivity contribution in [3.05, 3.63) is 83.7 Å². The van der Waals surface area contributed by atoms with Gasteiger partial charge in [-0.2, -0.15) is 26.3 Å². The Balaban J connectivity index is 0.000000173. The fraction of sp³-hybridized carbons (Fsp3) is 0.300. The molecule has 0 aromatic carbocycles. The summed E-state index contributed by atoms with van der Waals surface area (Å²) in [6, 6.07) is 5.83. The van der Waals surface area contributed by atoms with Crippen molar-refractivity contribution in [2.24, 2.45) is 0 Å². The van der Waals surface area contributed by atoms with Gasteiger partial charge < -0.3 is 5.32 Å². The summed E-state index contributed by atoms with van der Waals surface area (Å²) in [5.41, 5.74) is 2.37. The van der Waals surface area contributed by atoms with Crippen molar-refractivity contribution in [3.8, 4) is 22.3 Å². The van der Waals surface area contributed by atoms with E-state index in [-0.39, 0.29) is 5.91 Å². The quantitative estimate of drug-likeness (QED) is 0.250. The highest BCUT2D eigenvalue weighted by atomic mass is 19.4. The number of aryl methyl sites for hydroxylation is 2. The number of nitrogens with zero attached hydrogens (tertiary/aromatic N) is 5. The highest BCUT2D eigenvalue weighted by molar-refractivity contribution is 5.92. The second-order valence-corrected chi connectivity index (χ2v) is 10.2. The topological polar surface area (TPSA) is 83.9 Å². The van der Waals surface area contributed by atoms with Gasteiger partial charge in [-0.15, -0.1) is 0 Å². The number of fused-ring (bicyclic) bond motifs is 2. The summed E-state index contributed by atoms with van der Waals surface area (Å²) in [6.45, 7) is 2.96. The number of rotatable bonds is 2. The average molecular weight is 601 g/mol. The number of carbonyl (C=O) groups excluding carboxylic acids is 1. The number of amides is 1. The molecule has 0 saturated carbocycles. The van der Waals surface area contributed by atoms with E-state index in [0.717, 1.165) is 73.7 Å². The van der Waals surface area contributed by atoms with E-state index in [0.29, 0.717) is 34.6 Å². The van der Waals surface area contributed by atoms with E-state index in [9.17, 15) is 31.1 Å². The maximum absolute atomic E-state index is 12.8. The number of hydrogen-bond acceptors (Lipinski definition) is 6. The third-order valence-electron chi connectivity index (χ3n) is 7.09. The monoisotopic (exact) mass is 600 g/mol. The number of alkyl halides is 6. The molecule has 2 aliphatic rings. The van der Waals surface area contributed by atoms with Crippen LogP contribution >= 0.6 is 0 Å². The molecule has 1 amide bonds. The van der Waals surface area contributed by atoms with Gasteiger partial charge in [0.05, 0.1) is 11.1 Å². The largest absolute Gasteiger partial charge is 0.417 e. The van der Waals surface area contributed by atoms with Crippen molar-refractivity contribution < 1.29 is 31.1 Å². The molecule has 1 N–H and O–H groups in total. The minimum atomic E-state index is -4.43. The first-order valence-corrected chi connectivity index (χ1v) is 13.4. The molecule has 0 atom stereocenters. The third kappa shape index (κ3) is 6.92. The summed E-state index contributed by atoms with van der Waals surface area (Å²) in [4.78, 5) is 29.1. The molecule has 6 rings (SSSR count). The molecule has 0 saturated heterocycles. The normalized spacial score (nSPS) is 14.5. The Hall–Kier alpha value is -4.55. The lowest BCUT2D eigenvalue weighted by Gasteiger charge is -2.27. The van der Waals surface area contributed by atoms with Crippen LogP contribution in [0.25, 0.3) is 22.3 Å². The smallest absolute Gasteiger partial charge is 0.370 e. The first-order chi connectivity index (χ1) is 20.4. The lowest BCUT2D eigenvalue weighted by atomic mass is 10.0. The molecule has 13 heteroatoms. The molecular formula is C30H26F6N6O. The van der Waals surface area contributed by atoms with E-state index in [4.69, 9.17) is 0 Å². The fourth-order valence-electron chi connectivity index (χ4n) is 4.94. The molecule has 43 heavy (non-hydrogen) atoms. The predicted molar refractivity (Wildman–Crippen MR) is 148 cm³/mol. The Bertz CT molecular complexity index is 1640. The molecule has 4 aromatic heterocycles. The zero-order valence-corrected chi connectivity index (χ0v) is 22.9. The number of aromatic nitrogens is 4. The fourth-order valence-corrected chi connectivity index (χ4v) is 4.94. The van der Waals surface area contributed by atoms with E-state index in [2.05, 4.69) is 25.3 Å². The number of carbonyl (C=O) groups is 1. The molecule has 6 heterocycles. The molecule has 2 aliphatic heterocycles. The Labute approximate surface area is 243 Å². The van der Waals surface area contributed by atoms with Crippen LogP contribution in [-0.2, 0) is 30.0 Å². The zero-order valence-electron chi connectivity index (χ0n) is 22.9. The van der Waals surface area contributed by atoms with Crippen molar-refractivity contribution in [3.63, 3.8) is 0 Å². The van der Waals surface area contributed by atoms with Gasteiger partial charge in [0, 0.05) is 79.4 Å². The molecule has 7 nitrogen and oxygen atoms in total. The molecule has 0 bridgehead atoms. The second kappa shape index (κ2) is 12.0. The van der Waals surface area contributed by atoms with Crippen molar-refractivity contribution in [2.75, 3.05) is 23.3 Å². The van der Waals surface area contributed by atoms with E-state index < -0.39 is 23.5 Å². The van der Waals surface area contributed by atoms with Crippen molar-refractivity contribution in [1.82, 2.24) is 19.9 Å². The second-order valence-electron chi connectivity index (χ2n) is 10.2. The minimum absolute atomic E-state index is 0.0908. The number of anilines is 2. The Morgan fingerprint density at radius 1 is 0.721 bits per heavy atom. The maximum atomic E-state index is 12.8. The Kier molecular flexibility index (Phi) is 8.34. The van der Waals surface area contributed by atoms with Crippen molar-refractivity contribution in [1.29, 1.82) is 0 Å². The van der Waals surface area contributed by atoms with Crippen LogP contribution in [0.4, 0.5) is 38.0 Å². The zero-order chi connectivity index (χ0) is 30.8. The molecule has 4 aromatic rings. The number of nitrogens with one attached hydrogen (secondary N) is 1. The Morgan fingerprint density at radius 2 is 1.26 bits per heavy atom. The molecule has 0 fully saturated rings. The maximum Gasteiger partial charge on any atom is 0.417 e. The SMILES string of the molecule is CC(=O)N1CCCc2cc(-c3cncc(C(F)(F)F)c3)cnc21.FC(F)(F)c1cncc(-c2cnc3c(c2)CCCN3)c1. The highest BCUT2D eigenvalue weighted by Crippen LogP contribution is 2.34. The van der Waals surface area contributed by atoms with Crippen molar-refractivity contribution >= 4 is 17.5 Å². The number of pyridine rings is 4. The van der Waals surface area contributed by atoms with Crippen LogP contribution in [0.5, 0.6) is 0 Å². The van der Waals surface area contributed by atoms with Crippen LogP contribution in [0.15, 0.2) is 61.4 Å². The Morgan fingerprint density at radius 3 is 1.84 bits per heavy atom. The number of hydrogen-bond donors (Lipinski definition) is 1. The van der Waals surface area contributed by atoms with Crippen molar-refractivity contribution in [2.45, 2.75) is 45.0 Å². The molecule has 0 radical (unpaired) electrons. The lowest BCUT2D eigenvalue weighted by molar-refractivity contribution is -0.138. The number of halogens is 6. The van der Waals surface area contributed by atoms with Gasteiger partial charge in [-0.3, -0.25) is 19.7 Å².